The topological polar surface area (TPSA) is 18.5 Å². The average Bonchev–Trinajstić information content (AvgIpc) is 2.69. The molecule has 128 valence electrons. The summed E-state index contributed by atoms with van der Waals surface area (Å²) < 4.78 is 54.0. The van der Waals surface area contributed by atoms with Gasteiger partial charge in [0, 0.05) is 21.9 Å². The molecule has 0 fully saturated rings. The summed E-state index contributed by atoms with van der Waals surface area (Å²) in [6.45, 7) is 0. The highest BCUT2D eigenvalue weighted by atomic mass is 19.2. The Kier molecular flexibility index (Phi) is 2.98. The predicted octanol–water partition coefficient (Wildman–Crippen LogP) is 6.19. The van der Waals surface area contributed by atoms with E-state index in [0.29, 0.717) is 22.6 Å². The summed E-state index contributed by atoms with van der Waals surface area (Å²) in [6.07, 6.45) is 0. The summed E-state index contributed by atoms with van der Waals surface area (Å²) in [5, 5.41) is 1.92. The Bertz CT molecular complexity index is 1230. The van der Waals surface area contributed by atoms with Crippen molar-refractivity contribution >= 4 is 21.5 Å². The summed E-state index contributed by atoms with van der Waals surface area (Å²) in [6, 6.07) is 14.1. The van der Waals surface area contributed by atoms with Crippen molar-refractivity contribution in [3.63, 3.8) is 0 Å². The lowest BCUT2D eigenvalue weighted by Crippen LogP contribution is -2.05. The van der Waals surface area contributed by atoms with Crippen molar-refractivity contribution in [1.82, 2.24) is 0 Å². The zero-order valence-electron chi connectivity index (χ0n) is 13.6. The third-order valence-electron chi connectivity index (χ3n) is 4.79. The molecule has 0 aromatic heterocycles. The second-order valence-electron chi connectivity index (χ2n) is 6.10. The van der Waals surface area contributed by atoms with Crippen LogP contribution in [0.3, 0.4) is 0 Å². The standard InChI is InChI=1S/C21H11F3O2/c1-25-13-9-7-12-16-17(13)15-11-5-3-2-4-10(11)6-8-14(15)26-21(16)20(24)19(23)18(12)22/h2-9H,1H3. The second-order valence-corrected chi connectivity index (χ2v) is 6.10. The summed E-state index contributed by atoms with van der Waals surface area (Å²) in [7, 11) is 1.48. The van der Waals surface area contributed by atoms with E-state index in [1.807, 2.05) is 30.3 Å². The van der Waals surface area contributed by atoms with Crippen molar-refractivity contribution in [3.8, 4) is 28.4 Å². The number of methoxy groups -OCH3 is 1. The number of hydrogen-bond donors (Lipinski definition) is 0. The van der Waals surface area contributed by atoms with E-state index in [2.05, 4.69) is 0 Å². The molecule has 0 N–H and O–H groups in total. The highest BCUT2D eigenvalue weighted by Crippen LogP contribution is 2.54. The van der Waals surface area contributed by atoms with E-state index in [0.717, 1.165) is 10.8 Å². The Morgan fingerprint density at radius 3 is 2.38 bits per heavy atom. The van der Waals surface area contributed by atoms with Crippen molar-refractivity contribution in [1.29, 1.82) is 0 Å². The molecule has 0 spiro atoms. The van der Waals surface area contributed by atoms with Crippen LogP contribution in [0.15, 0.2) is 48.5 Å². The van der Waals surface area contributed by atoms with Crippen molar-refractivity contribution in [2.24, 2.45) is 0 Å². The Hall–Kier alpha value is -3.21. The van der Waals surface area contributed by atoms with Crippen LogP contribution in [0.25, 0.3) is 32.7 Å². The maximum Gasteiger partial charge on any atom is 0.205 e. The predicted molar refractivity (Wildman–Crippen MR) is 93.4 cm³/mol. The molecule has 0 aliphatic carbocycles. The molecule has 0 amide bonds. The van der Waals surface area contributed by atoms with Crippen molar-refractivity contribution in [3.05, 3.63) is 66.0 Å². The molecule has 4 aromatic rings. The van der Waals surface area contributed by atoms with Crippen molar-refractivity contribution < 1.29 is 22.6 Å². The van der Waals surface area contributed by atoms with Gasteiger partial charge in [0.15, 0.2) is 17.4 Å². The van der Waals surface area contributed by atoms with Crippen molar-refractivity contribution in [2.75, 3.05) is 7.11 Å². The van der Waals surface area contributed by atoms with Gasteiger partial charge in [0.25, 0.3) is 0 Å². The highest BCUT2D eigenvalue weighted by molar-refractivity contribution is 6.13. The van der Waals surface area contributed by atoms with E-state index in [4.69, 9.17) is 9.47 Å². The minimum absolute atomic E-state index is 0.0479. The van der Waals surface area contributed by atoms with Crippen LogP contribution in [0.1, 0.15) is 0 Å². The number of hydrogen-bond acceptors (Lipinski definition) is 2. The van der Waals surface area contributed by atoms with E-state index in [1.54, 1.807) is 12.1 Å². The maximum atomic E-state index is 14.5. The molecule has 5 heteroatoms. The van der Waals surface area contributed by atoms with Gasteiger partial charge in [-0.25, -0.2) is 8.78 Å². The summed E-state index contributed by atoms with van der Waals surface area (Å²) in [5.74, 6) is -3.65. The number of ether oxygens (including phenoxy) is 2. The van der Waals surface area contributed by atoms with Crippen LogP contribution in [0.4, 0.5) is 13.2 Å². The molecular formula is C21H11F3O2. The Labute approximate surface area is 146 Å². The molecule has 4 aromatic carbocycles. The number of halogens is 3. The monoisotopic (exact) mass is 352 g/mol. The third kappa shape index (κ3) is 1.77. The quantitative estimate of drug-likeness (QED) is 0.335. The maximum absolute atomic E-state index is 14.5. The zero-order valence-corrected chi connectivity index (χ0v) is 13.6. The van der Waals surface area contributed by atoms with E-state index < -0.39 is 17.5 Å². The molecule has 1 aliphatic rings. The highest BCUT2D eigenvalue weighted by Gasteiger charge is 2.31. The Balaban J connectivity index is 2.07. The molecule has 0 radical (unpaired) electrons. The molecule has 0 unspecified atom stereocenters. The third-order valence-corrected chi connectivity index (χ3v) is 4.79. The van der Waals surface area contributed by atoms with Crippen molar-refractivity contribution in [2.45, 2.75) is 0 Å². The minimum Gasteiger partial charge on any atom is -0.496 e. The lowest BCUT2D eigenvalue weighted by atomic mass is 9.90. The van der Waals surface area contributed by atoms with Gasteiger partial charge in [0.1, 0.15) is 11.5 Å². The van der Waals surface area contributed by atoms with E-state index >= 15 is 0 Å². The van der Waals surface area contributed by atoms with Gasteiger partial charge >= 0.3 is 0 Å². The minimum atomic E-state index is -1.55. The summed E-state index contributed by atoms with van der Waals surface area (Å²) in [4.78, 5) is 0. The van der Waals surface area contributed by atoms with Crippen LogP contribution < -0.4 is 9.47 Å². The van der Waals surface area contributed by atoms with E-state index in [9.17, 15) is 13.2 Å². The van der Waals surface area contributed by atoms with Crippen LogP contribution in [0.5, 0.6) is 17.2 Å². The van der Waals surface area contributed by atoms with E-state index in [-0.39, 0.29) is 16.5 Å². The van der Waals surface area contributed by atoms with Crippen LogP contribution in [-0.2, 0) is 0 Å². The fourth-order valence-corrected chi connectivity index (χ4v) is 3.64. The first-order chi connectivity index (χ1) is 12.6. The lowest BCUT2D eigenvalue weighted by molar-refractivity contribution is 0.397. The first-order valence-electron chi connectivity index (χ1n) is 7.99. The van der Waals surface area contributed by atoms with Gasteiger partial charge < -0.3 is 9.47 Å². The van der Waals surface area contributed by atoms with Gasteiger partial charge in [-0.05, 0) is 29.0 Å². The normalized spacial score (nSPS) is 12.2. The van der Waals surface area contributed by atoms with Gasteiger partial charge in [-0.15, -0.1) is 0 Å². The number of benzene rings is 4. The molecule has 2 nitrogen and oxygen atoms in total. The molecule has 26 heavy (non-hydrogen) atoms. The fraction of sp³-hybridized carbons (Fsp3) is 0.0476. The molecular weight excluding hydrogens is 341 g/mol. The lowest BCUT2D eigenvalue weighted by Gasteiger charge is -2.25. The first kappa shape index (κ1) is 15.1. The summed E-state index contributed by atoms with van der Waals surface area (Å²) >= 11 is 0. The fourth-order valence-electron chi connectivity index (χ4n) is 3.64. The van der Waals surface area contributed by atoms with Crippen LogP contribution >= 0.6 is 0 Å². The largest absolute Gasteiger partial charge is 0.496 e. The van der Waals surface area contributed by atoms with E-state index in [1.165, 1.54) is 13.2 Å². The van der Waals surface area contributed by atoms with Crippen LogP contribution in [0.2, 0.25) is 0 Å². The number of rotatable bonds is 1. The van der Waals surface area contributed by atoms with Crippen LogP contribution in [-0.4, -0.2) is 7.11 Å². The van der Waals surface area contributed by atoms with Gasteiger partial charge in [0.2, 0.25) is 5.82 Å². The average molecular weight is 352 g/mol. The summed E-state index contributed by atoms with van der Waals surface area (Å²) in [5.41, 5.74) is 1.17. The first-order valence-corrected chi connectivity index (χ1v) is 7.99. The zero-order chi connectivity index (χ0) is 18.0. The molecule has 5 rings (SSSR count). The van der Waals surface area contributed by atoms with Gasteiger partial charge in [-0.2, -0.15) is 4.39 Å². The molecule has 0 bridgehead atoms. The van der Waals surface area contributed by atoms with Gasteiger partial charge in [-0.3, -0.25) is 0 Å². The van der Waals surface area contributed by atoms with Gasteiger partial charge in [0.05, 0.1) is 7.11 Å². The Morgan fingerprint density at radius 1 is 0.769 bits per heavy atom. The second kappa shape index (κ2) is 5.14. The number of fused-ring (bicyclic) bond motifs is 4. The molecule has 0 saturated heterocycles. The molecule has 0 atom stereocenters. The molecule has 0 saturated carbocycles. The molecule has 1 heterocycles. The smallest absolute Gasteiger partial charge is 0.205 e. The SMILES string of the molecule is COc1ccc2c(F)c(F)c(F)c3c2c1-c1c(ccc2ccccc12)O3. The van der Waals surface area contributed by atoms with Crippen LogP contribution in [0, 0.1) is 17.5 Å². The molecule has 1 aliphatic heterocycles. The van der Waals surface area contributed by atoms with Gasteiger partial charge in [-0.1, -0.05) is 30.3 Å². The Morgan fingerprint density at radius 2 is 1.58 bits per heavy atom.